The van der Waals surface area contributed by atoms with E-state index < -0.39 is 23.5 Å². The molecule has 10 heteroatoms. The average Bonchev–Trinajstić information content (AvgIpc) is 2.98. The number of hydrogen-bond donors (Lipinski definition) is 2. The molecular weight excluding hydrogens is 400 g/mol. The van der Waals surface area contributed by atoms with E-state index in [-0.39, 0.29) is 22.8 Å². The van der Waals surface area contributed by atoms with Crippen molar-refractivity contribution in [3.63, 3.8) is 0 Å². The first kappa shape index (κ1) is 19.8. The van der Waals surface area contributed by atoms with Gasteiger partial charge < -0.3 is 0 Å². The summed E-state index contributed by atoms with van der Waals surface area (Å²) >= 11 is 6.02. The van der Waals surface area contributed by atoms with Gasteiger partial charge in [-0.3, -0.25) is 14.9 Å². The highest BCUT2D eigenvalue weighted by Gasteiger charge is 2.31. The predicted octanol–water partition coefficient (Wildman–Crippen LogP) is 3.90. The van der Waals surface area contributed by atoms with Crippen LogP contribution < -0.4 is 11.3 Å². The Morgan fingerprint density at radius 1 is 1.25 bits per heavy atom. The van der Waals surface area contributed by atoms with E-state index in [0.717, 1.165) is 24.3 Å². The van der Waals surface area contributed by atoms with Crippen LogP contribution in [0, 0.1) is 5.82 Å². The average molecular weight is 413 g/mol. The molecule has 146 valence electrons. The zero-order chi connectivity index (χ0) is 20.5. The Morgan fingerprint density at radius 2 is 2.00 bits per heavy atom. The largest absolute Gasteiger partial charge is 0.416 e. The highest BCUT2D eigenvalue weighted by atomic mass is 35.5. The summed E-state index contributed by atoms with van der Waals surface area (Å²) in [4.78, 5) is 11.3. The van der Waals surface area contributed by atoms with Crippen molar-refractivity contribution in [2.24, 2.45) is 5.84 Å². The van der Waals surface area contributed by atoms with Crippen molar-refractivity contribution in [2.75, 3.05) is 0 Å². The van der Waals surface area contributed by atoms with Crippen LogP contribution in [0.5, 0.6) is 0 Å². The van der Waals surface area contributed by atoms with Crippen molar-refractivity contribution >= 4 is 34.5 Å². The van der Waals surface area contributed by atoms with Crippen LogP contribution in [0.25, 0.3) is 17.0 Å². The summed E-state index contributed by atoms with van der Waals surface area (Å²) in [7, 11) is 0. The van der Waals surface area contributed by atoms with Gasteiger partial charge in [0.15, 0.2) is 0 Å². The molecule has 3 rings (SSSR count). The number of nitrogens with zero attached hydrogens (tertiary/aromatic N) is 2. The number of nitrogens with two attached hydrogens (primary N) is 1. The summed E-state index contributed by atoms with van der Waals surface area (Å²) in [6.07, 6.45) is -2.10. The topological polar surface area (TPSA) is 72.9 Å². The fourth-order valence-corrected chi connectivity index (χ4v) is 2.86. The molecule has 1 amide bonds. The third kappa shape index (κ3) is 4.15. The molecule has 0 aliphatic heterocycles. The number of amides is 1. The minimum atomic E-state index is -4.54. The molecule has 3 aromatic rings. The first-order chi connectivity index (χ1) is 13.2. The predicted molar refractivity (Wildman–Crippen MR) is 96.6 cm³/mol. The number of carbonyl (C=O) groups excluding carboxylic acids is 1. The van der Waals surface area contributed by atoms with E-state index in [1.54, 1.807) is 0 Å². The zero-order valence-electron chi connectivity index (χ0n) is 14.1. The zero-order valence-corrected chi connectivity index (χ0v) is 14.9. The van der Waals surface area contributed by atoms with E-state index in [2.05, 4.69) is 5.10 Å². The normalized spacial score (nSPS) is 12.1. The van der Waals surface area contributed by atoms with Crippen molar-refractivity contribution in [1.82, 2.24) is 15.2 Å². The van der Waals surface area contributed by atoms with Crippen molar-refractivity contribution in [1.29, 1.82) is 0 Å². The van der Waals surface area contributed by atoms with Crippen LogP contribution in [-0.2, 0) is 17.5 Å². The van der Waals surface area contributed by atoms with E-state index >= 15 is 0 Å². The summed E-state index contributed by atoms with van der Waals surface area (Å²) in [5.41, 5.74) is 1.99. The van der Waals surface area contributed by atoms with Gasteiger partial charge in [0.1, 0.15) is 5.82 Å². The van der Waals surface area contributed by atoms with Gasteiger partial charge in [-0.05, 0) is 42.0 Å². The lowest BCUT2D eigenvalue weighted by molar-refractivity contribution is -0.137. The number of benzene rings is 2. The van der Waals surface area contributed by atoms with Crippen molar-refractivity contribution in [2.45, 2.75) is 12.7 Å². The number of nitrogens with one attached hydrogen (secondary N) is 1. The van der Waals surface area contributed by atoms with Gasteiger partial charge in [0, 0.05) is 16.5 Å². The summed E-state index contributed by atoms with van der Waals surface area (Å²) < 4.78 is 53.9. The fourth-order valence-electron chi connectivity index (χ4n) is 2.63. The van der Waals surface area contributed by atoms with E-state index in [1.807, 2.05) is 5.43 Å². The number of fused-ring (bicyclic) bond motifs is 1. The molecule has 3 N–H and O–H groups in total. The SMILES string of the molecule is NNC(=O)/C=C/c1nn(Cc2ccc(F)cc2Cl)c2cc(C(F)(F)F)ccc12. The summed E-state index contributed by atoms with van der Waals surface area (Å²) in [5, 5.41) is 4.78. The highest BCUT2D eigenvalue weighted by molar-refractivity contribution is 6.31. The fraction of sp³-hybridized carbons (Fsp3) is 0.111. The lowest BCUT2D eigenvalue weighted by Gasteiger charge is -2.09. The minimum Gasteiger partial charge on any atom is -0.291 e. The minimum absolute atomic E-state index is 0.00779. The van der Waals surface area contributed by atoms with Crippen LogP contribution >= 0.6 is 11.6 Å². The third-order valence-corrected chi connectivity index (χ3v) is 4.33. The van der Waals surface area contributed by atoms with E-state index in [1.165, 1.54) is 29.0 Å². The molecule has 28 heavy (non-hydrogen) atoms. The van der Waals surface area contributed by atoms with Crippen LogP contribution in [0.1, 0.15) is 16.8 Å². The van der Waals surface area contributed by atoms with Gasteiger partial charge in [-0.25, -0.2) is 10.2 Å². The number of halogens is 5. The smallest absolute Gasteiger partial charge is 0.291 e. The van der Waals surface area contributed by atoms with Gasteiger partial charge in [0.05, 0.1) is 23.3 Å². The maximum atomic E-state index is 13.2. The lowest BCUT2D eigenvalue weighted by Crippen LogP contribution is -2.27. The van der Waals surface area contributed by atoms with Crippen LogP contribution in [0.15, 0.2) is 42.5 Å². The van der Waals surface area contributed by atoms with E-state index in [0.29, 0.717) is 10.9 Å². The number of hydrogen-bond acceptors (Lipinski definition) is 3. The quantitative estimate of drug-likeness (QED) is 0.224. The molecule has 2 aromatic carbocycles. The molecule has 0 aliphatic carbocycles. The molecule has 0 unspecified atom stereocenters. The summed E-state index contributed by atoms with van der Waals surface area (Å²) in [6.45, 7) is 0.00779. The van der Waals surface area contributed by atoms with Crippen LogP contribution in [0.2, 0.25) is 5.02 Å². The van der Waals surface area contributed by atoms with Gasteiger partial charge in [-0.15, -0.1) is 0 Å². The van der Waals surface area contributed by atoms with Crippen molar-refractivity contribution < 1.29 is 22.4 Å². The molecule has 5 nitrogen and oxygen atoms in total. The molecule has 0 saturated heterocycles. The Hall–Kier alpha value is -2.91. The Bertz CT molecular complexity index is 1080. The Labute approximate surface area is 161 Å². The number of rotatable bonds is 4. The van der Waals surface area contributed by atoms with Gasteiger partial charge in [-0.2, -0.15) is 18.3 Å². The lowest BCUT2D eigenvalue weighted by atomic mass is 10.1. The highest BCUT2D eigenvalue weighted by Crippen LogP contribution is 2.33. The van der Waals surface area contributed by atoms with E-state index in [9.17, 15) is 22.4 Å². The van der Waals surface area contributed by atoms with Gasteiger partial charge in [0.2, 0.25) is 0 Å². The Balaban J connectivity index is 2.13. The maximum Gasteiger partial charge on any atom is 0.416 e. The summed E-state index contributed by atoms with van der Waals surface area (Å²) in [5.74, 6) is 3.87. The molecule has 0 atom stereocenters. The number of aromatic nitrogens is 2. The molecule has 0 saturated carbocycles. The Kier molecular flexibility index (Phi) is 5.39. The molecule has 0 aliphatic rings. The molecular formula is C18H13ClF4N4O. The first-order valence-electron chi connectivity index (χ1n) is 7.89. The van der Waals surface area contributed by atoms with Crippen molar-refractivity contribution in [3.05, 3.63) is 70.1 Å². The molecule has 0 fully saturated rings. The first-order valence-corrected chi connectivity index (χ1v) is 8.27. The number of carbonyl (C=O) groups is 1. The molecule has 0 radical (unpaired) electrons. The second kappa shape index (κ2) is 7.61. The number of hydrazine groups is 1. The van der Waals surface area contributed by atoms with Crippen LogP contribution in [0.4, 0.5) is 17.6 Å². The van der Waals surface area contributed by atoms with Gasteiger partial charge in [0.25, 0.3) is 5.91 Å². The van der Waals surface area contributed by atoms with Gasteiger partial charge >= 0.3 is 6.18 Å². The number of alkyl halides is 3. The molecule has 0 spiro atoms. The third-order valence-electron chi connectivity index (χ3n) is 3.98. The molecule has 1 heterocycles. The molecule has 0 bridgehead atoms. The van der Waals surface area contributed by atoms with Crippen LogP contribution in [0.3, 0.4) is 0 Å². The maximum absolute atomic E-state index is 13.2. The second-order valence-corrected chi connectivity index (χ2v) is 6.26. The monoisotopic (exact) mass is 412 g/mol. The van der Waals surface area contributed by atoms with E-state index in [4.69, 9.17) is 17.4 Å². The standard InChI is InChI=1S/C18H13ClF4N4O/c19-14-8-12(20)3-1-10(14)9-27-16-7-11(18(21,22)23)2-4-13(16)15(26-27)5-6-17(28)25-24/h1-8H,9,24H2,(H,25,28)/b6-5+. The molecule has 1 aromatic heterocycles. The van der Waals surface area contributed by atoms with Gasteiger partial charge in [-0.1, -0.05) is 17.7 Å². The summed E-state index contributed by atoms with van der Waals surface area (Å²) in [6, 6.07) is 6.89. The second-order valence-electron chi connectivity index (χ2n) is 5.85. The Morgan fingerprint density at radius 3 is 2.64 bits per heavy atom. The van der Waals surface area contributed by atoms with Crippen LogP contribution in [-0.4, -0.2) is 15.7 Å². The van der Waals surface area contributed by atoms with Crippen molar-refractivity contribution in [3.8, 4) is 0 Å².